The van der Waals surface area contributed by atoms with Crippen molar-refractivity contribution < 1.29 is 47.8 Å². The smallest absolute Gasteiger partial charge is 0.408 e. The zero-order valence-corrected chi connectivity index (χ0v) is 43.5. The maximum absolute atomic E-state index is 14.3. The summed E-state index contributed by atoms with van der Waals surface area (Å²) < 4.78 is 17.2. The van der Waals surface area contributed by atoms with E-state index >= 15 is 0 Å². The third-order valence-corrected chi connectivity index (χ3v) is 12.8. The number of methoxy groups -OCH3 is 2. The maximum Gasteiger partial charge on any atom is 0.408 e. The lowest BCUT2D eigenvalue weighted by molar-refractivity contribution is -0.149. The summed E-state index contributed by atoms with van der Waals surface area (Å²) in [6, 6.07) is 3.34. The van der Waals surface area contributed by atoms with E-state index in [4.69, 9.17) is 14.2 Å². The molecular formula is C49H84N8O10. The van der Waals surface area contributed by atoms with Crippen molar-refractivity contribution in [2.45, 2.75) is 162 Å². The van der Waals surface area contributed by atoms with E-state index in [1.165, 1.54) is 13.8 Å². The summed E-state index contributed by atoms with van der Waals surface area (Å²) in [5, 5.41) is 10.8. The minimum Gasteiger partial charge on any atom is -0.444 e. The predicted octanol–water partition coefficient (Wildman–Crippen LogP) is 4.06. The standard InChI is InChI=1S/C49H84N8O10/c1-18-30(4)41(56(15)47(63)40(29(2)3)53-45(61)34(8)54(12)13)38(65-16)28-39(58)57-25-20-23-37(57)42(66-17)31(5)46(62)55(14)26-24-35-21-19-22-36(27-35)52-44(60)32(6)50-43(59)33(7)51-48(64)67-49(9,10)11/h19,21-22,27,29-34,37-38,40-42H,18,20,23-26,28H2,1-17H3,(H,50,59)(H,51,64)(H,52,60)(H,53,61)/t30-,31+,32-,33-,34+,37-,38+,40-,41-,42+/m0/s1. The minimum atomic E-state index is -0.938. The highest BCUT2D eigenvalue weighted by Crippen LogP contribution is 2.30. The van der Waals surface area contributed by atoms with Crippen LogP contribution in [0.3, 0.4) is 0 Å². The Balaban J connectivity index is 2.11. The maximum atomic E-state index is 14.3. The normalized spacial score (nSPS) is 18.1. The van der Waals surface area contributed by atoms with Gasteiger partial charge in [-0.15, -0.1) is 0 Å². The average Bonchev–Trinajstić information content (AvgIpc) is 3.75. The lowest BCUT2D eigenvalue weighted by Gasteiger charge is -2.41. The molecule has 2 rings (SSSR count). The first-order valence-electron chi connectivity index (χ1n) is 23.7. The number of carbonyl (C=O) groups is 7. The van der Waals surface area contributed by atoms with Crippen LogP contribution in [0.2, 0.25) is 0 Å². The number of benzene rings is 1. The Morgan fingerprint density at radius 1 is 0.821 bits per heavy atom. The highest BCUT2D eigenvalue weighted by atomic mass is 16.6. The zero-order chi connectivity index (χ0) is 51.1. The average molecular weight is 945 g/mol. The Morgan fingerprint density at radius 3 is 2.00 bits per heavy atom. The first kappa shape index (κ1) is 58.3. The van der Waals surface area contributed by atoms with Gasteiger partial charge in [0.1, 0.15) is 23.7 Å². The molecule has 18 nitrogen and oxygen atoms in total. The number of alkyl carbamates (subject to hydrolysis) is 1. The number of nitrogens with zero attached hydrogens (tertiary/aromatic N) is 4. The van der Waals surface area contributed by atoms with E-state index < -0.39 is 71.8 Å². The summed E-state index contributed by atoms with van der Waals surface area (Å²) in [4.78, 5) is 100. The molecule has 0 aliphatic carbocycles. The van der Waals surface area contributed by atoms with Gasteiger partial charge >= 0.3 is 6.09 Å². The largest absolute Gasteiger partial charge is 0.444 e. The summed E-state index contributed by atoms with van der Waals surface area (Å²) in [6.45, 7) is 20.5. The van der Waals surface area contributed by atoms with Crippen LogP contribution in [-0.4, -0.2) is 171 Å². The Labute approximate surface area is 400 Å². The van der Waals surface area contributed by atoms with Crippen LogP contribution in [0.1, 0.15) is 107 Å². The number of hydrogen-bond donors (Lipinski definition) is 4. The van der Waals surface area contributed by atoms with Gasteiger partial charge in [0.2, 0.25) is 35.4 Å². The van der Waals surface area contributed by atoms with Crippen LogP contribution in [0.5, 0.6) is 0 Å². The van der Waals surface area contributed by atoms with Crippen LogP contribution in [-0.2, 0) is 49.4 Å². The fourth-order valence-corrected chi connectivity index (χ4v) is 8.30. The minimum absolute atomic E-state index is 0.00820. The molecule has 1 aromatic carbocycles. The van der Waals surface area contributed by atoms with E-state index in [2.05, 4.69) is 21.3 Å². The lowest BCUT2D eigenvalue weighted by atomic mass is 9.89. The molecule has 67 heavy (non-hydrogen) atoms. The fourth-order valence-electron chi connectivity index (χ4n) is 8.30. The fraction of sp³-hybridized carbons (Fsp3) is 0.735. The molecular weight excluding hydrogens is 861 g/mol. The quantitative estimate of drug-likeness (QED) is 0.116. The summed E-state index contributed by atoms with van der Waals surface area (Å²) >= 11 is 0. The number of nitrogens with one attached hydrogen (secondary N) is 4. The number of likely N-dealkylation sites (tertiary alicyclic amines) is 1. The van der Waals surface area contributed by atoms with Crippen molar-refractivity contribution in [3.8, 4) is 0 Å². The van der Waals surface area contributed by atoms with Crippen molar-refractivity contribution in [1.82, 2.24) is 35.6 Å². The SMILES string of the molecule is CC[C@H](C)[C@@H]([C@@H](CC(=O)N1CCC[C@H]1[C@H](OC)[C@@H](C)C(=O)N(C)CCc1cccc(NC(=O)[C@H](C)NC(=O)[C@H](C)NC(=O)OC(C)(C)C)c1)OC)N(C)C(=O)[C@@H](NC(=O)[C@@H](C)N(C)C)C(C)C. The van der Waals surface area contributed by atoms with Gasteiger partial charge in [0.05, 0.1) is 42.7 Å². The van der Waals surface area contributed by atoms with Crippen LogP contribution in [0, 0.1) is 17.8 Å². The molecule has 4 N–H and O–H groups in total. The molecule has 1 heterocycles. The van der Waals surface area contributed by atoms with Crippen LogP contribution in [0.25, 0.3) is 0 Å². The highest BCUT2D eigenvalue weighted by Gasteiger charge is 2.43. The highest BCUT2D eigenvalue weighted by molar-refractivity contribution is 5.98. The molecule has 1 fully saturated rings. The molecule has 10 atom stereocenters. The summed E-state index contributed by atoms with van der Waals surface area (Å²) in [7, 11) is 10.2. The third kappa shape index (κ3) is 17.3. The Kier molecular flexibility index (Phi) is 23.2. The molecule has 0 bridgehead atoms. The molecule has 1 aliphatic rings. The van der Waals surface area contributed by atoms with Crippen molar-refractivity contribution >= 4 is 47.2 Å². The van der Waals surface area contributed by atoms with Gasteiger partial charge in [0.25, 0.3) is 0 Å². The molecule has 0 saturated carbocycles. The molecule has 0 unspecified atom stereocenters. The van der Waals surface area contributed by atoms with Crippen molar-refractivity contribution in [2.75, 3.05) is 60.8 Å². The van der Waals surface area contributed by atoms with E-state index in [0.29, 0.717) is 31.6 Å². The van der Waals surface area contributed by atoms with Gasteiger partial charge in [-0.1, -0.05) is 53.2 Å². The molecule has 380 valence electrons. The van der Waals surface area contributed by atoms with E-state index in [0.717, 1.165) is 18.4 Å². The van der Waals surface area contributed by atoms with Crippen LogP contribution >= 0.6 is 0 Å². The van der Waals surface area contributed by atoms with Crippen molar-refractivity contribution in [3.05, 3.63) is 29.8 Å². The number of likely N-dealkylation sites (N-methyl/N-ethyl adjacent to an activating group) is 3. The van der Waals surface area contributed by atoms with Gasteiger partial charge in [0.15, 0.2) is 0 Å². The van der Waals surface area contributed by atoms with Crippen LogP contribution in [0.4, 0.5) is 10.5 Å². The number of rotatable bonds is 24. The first-order chi connectivity index (χ1) is 31.2. The lowest BCUT2D eigenvalue weighted by Crippen LogP contribution is -2.59. The Hall–Kier alpha value is -4.81. The van der Waals surface area contributed by atoms with Crippen molar-refractivity contribution in [1.29, 1.82) is 0 Å². The second-order valence-corrected chi connectivity index (χ2v) is 19.8. The molecule has 7 amide bonds. The molecule has 1 aromatic rings. The monoisotopic (exact) mass is 945 g/mol. The van der Waals surface area contributed by atoms with Gasteiger partial charge in [0, 0.05) is 47.1 Å². The van der Waals surface area contributed by atoms with Crippen molar-refractivity contribution in [3.63, 3.8) is 0 Å². The molecule has 0 aromatic heterocycles. The second-order valence-electron chi connectivity index (χ2n) is 19.8. The summed E-state index contributed by atoms with van der Waals surface area (Å²) in [5.41, 5.74) is 0.650. The van der Waals surface area contributed by atoms with E-state index in [-0.39, 0.29) is 47.9 Å². The van der Waals surface area contributed by atoms with Crippen LogP contribution in [0.15, 0.2) is 24.3 Å². The number of amides is 7. The van der Waals surface area contributed by atoms with E-state index in [1.807, 2.05) is 54.8 Å². The summed E-state index contributed by atoms with van der Waals surface area (Å²) in [5.74, 6) is -2.62. The molecule has 1 aliphatic heterocycles. The molecule has 1 saturated heterocycles. The zero-order valence-electron chi connectivity index (χ0n) is 43.5. The Morgan fingerprint density at radius 2 is 1.45 bits per heavy atom. The van der Waals surface area contributed by atoms with Gasteiger partial charge in [-0.25, -0.2) is 4.79 Å². The predicted molar refractivity (Wildman–Crippen MR) is 259 cm³/mol. The van der Waals surface area contributed by atoms with Crippen molar-refractivity contribution in [2.24, 2.45) is 17.8 Å². The topological polar surface area (TPSA) is 208 Å². The molecule has 18 heteroatoms. The summed E-state index contributed by atoms with van der Waals surface area (Å²) in [6.07, 6.45) is 0.625. The first-order valence-corrected chi connectivity index (χ1v) is 23.7. The number of carbonyl (C=O) groups excluding carboxylic acids is 7. The molecule has 0 spiro atoms. The third-order valence-electron chi connectivity index (χ3n) is 12.8. The number of hydrogen-bond acceptors (Lipinski definition) is 11. The van der Waals surface area contributed by atoms with Gasteiger partial charge in [-0.2, -0.15) is 0 Å². The second kappa shape index (κ2) is 26.7. The molecule has 0 radical (unpaired) electrons. The van der Waals surface area contributed by atoms with E-state index in [1.54, 1.807) is 93.8 Å². The van der Waals surface area contributed by atoms with Crippen LogP contribution < -0.4 is 21.3 Å². The number of anilines is 1. The van der Waals surface area contributed by atoms with Gasteiger partial charge in [-0.05, 0) is 104 Å². The van der Waals surface area contributed by atoms with Gasteiger partial charge in [-0.3, -0.25) is 33.7 Å². The van der Waals surface area contributed by atoms with Gasteiger partial charge < -0.3 is 50.2 Å². The van der Waals surface area contributed by atoms with E-state index in [9.17, 15) is 33.6 Å². The Bertz CT molecular complexity index is 1820. The number of ether oxygens (including phenoxy) is 3.